The predicted molar refractivity (Wildman–Crippen MR) is 52.7 cm³/mol. The van der Waals surface area contributed by atoms with Gasteiger partial charge in [0.25, 0.3) is 11.8 Å². The lowest BCUT2D eigenvalue weighted by atomic mass is 10.2. The van der Waals surface area contributed by atoms with Crippen LogP contribution in [0.25, 0.3) is 0 Å². The maximum atomic E-state index is 7.26. The summed E-state index contributed by atoms with van der Waals surface area (Å²) in [5.41, 5.74) is 0.0984. The topological polar surface area (TPSA) is 61.5 Å². The number of nitrogens with zero attached hydrogens (tertiary/aromatic N) is 4. The highest BCUT2D eigenvalue weighted by Crippen LogP contribution is 2.01. The Kier molecular flexibility index (Phi) is 2.77. The van der Waals surface area contributed by atoms with Gasteiger partial charge in [-0.25, -0.2) is 0 Å². The Labute approximate surface area is 88.5 Å². The Morgan fingerprint density at radius 2 is 2.07 bits per heavy atom. The molecule has 0 spiro atoms. The number of nitrogens with one attached hydrogen (secondary N) is 1. The largest absolute Gasteiger partial charge is 0.380 e. The molecule has 15 heavy (non-hydrogen) atoms. The molecule has 0 bridgehead atoms. The molecule has 6 heteroatoms. The van der Waals surface area contributed by atoms with Crippen LogP contribution in [0.5, 0.6) is 0 Å². The molecule has 6 nitrogen and oxygen atoms in total. The smallest absolute Gasteiger partial charge is 0.286 e. The first-order chi connectivity index (χ1) is 7.16. The average Bonchev–Trinajstić information content (AvgIpc) is 2.65. The van der Waals surface area contributed by atoms with E-state index in [0.717, 1.165) is 26.2 Å². The molecular weight excluding hydrogens is 194 g/mol. The van der Waals surface area contributed by atoms with Gasteiger partial charge in [-0.15, -0.1) is 0 Å². The van der Waals surface area contributed by atoms with Gasteiger partial charge >= 0.3 is 0 Å². The summed E-state index contributed by atoms with van der Waals surface area (Å²) in [5, 5.41) is 13.1. The number of aromatic nitrogens is 2. The Morgan fingerprint density at radius 1 is 1.40 bits per heavy atom. The van der Waals surface area contributed by atoms with Crippen LogP contribution >= 0.6 is 0 Å². The minimum atomic E-state index is 0.0984. The molecule has 1 fully saturated rings. The maximum Gasteiger partial charge on any atom is 0.286 e. The minimum absolute atomic E-state index is 0.0984. The lowest BCUT2D eigenvalue weighted by Gasteiger charge is -2.37. The van der Waals surface area contributed by atoms with Crippen molar-refractivity contribution < 1.29 is 9.31 Å². The van der Waals surface area contributed by atoms with Crippen molar-refractivity contribution in [3.05, 3.63) is 11.8 Å². The van der Waals surface area contributed by atoms with E-state index in [1.54, 1.807) is 11.0 Å². The van der Waals surface area contributed by atoms with Crippen molar-refractivity contribution in [1.82, 2.24) is 10.2 Å². The molecule has 1 saturated heterocycles. The van der Waals surface area contributed by atoms with Gasteiger partial charge in [0.1, 0.15) is 0 Å². The fourth-order valence-corrected chi connectivity index (χ4v) is 1.80. The lowest BCUT2D eigenvalue weighted by molar-refractivity contribution is -0.764. The van der Waals surface area contributed by atoms with Crippen molar-refractivity contribution in [2.75, 3.05) is 31.2 Å². The Balaban J connectivity index is 1.96. The second-order valence-corrected chi connectivity index (χ2v) is 4.07. The van der Waals surface area contributed by atoms with E-state index in [4.69, 9.17) is 9.93 Å². The summed E-state index contributed by atoms with van der Waals surface area (Å²) < 4.78 is 4.72. The molecule has 1 aromatic heterocycles. The molecule has 0 atom stereocenters. The first-order valence-corrected chi connectivity index (χ1v) is 5.26. The van der Waals surface area contributed by atoms with Gasteiger partial charge in [-0.05, 0) is 19.1 Å². The van der Waals surface area contributed by atoms with Crippen LogP contribution in [0.2, 0.25) is 0 Å². The molecule has 2 rings (SSSR count). The van der Waals surface area contributed by atoms with Crippen LogP contribution in [0.4, 0.5) is 0 Å². The van der Waals surface area contributed by atoms with E-state index in [2.05, 4.69) is 29.0 Å². The summed E-state index contributed by atoms with van der Waals surface area (Å²) in [6, 6.07) is 0.598. The Morgan fingerprint density at radius 3 is 2.53 bits per heavy atom. The summed E-state index contributed by atoms with van der Waals surface area (Å²) >= 11 is 0. The molecule has 0 saturated carbocycles. The summed E-state index contributed by atoms with van der Waals surface area (Å²) in [6.07, 6.45) is 1.59. The quantitative estimate of drug-likeness (QED) is 0.615. The number of rotatable bonds is 2. The van der Waals surface area contributed by atoms with Gasteiger partial charge in [-0.2, -0.15) is 0 Å². The number of piperazine rings is 1. The highest BCUT2D eigenvalue weighted by molar-refractivity contribution is 4.81. The number of hydrogen-bond acceptors (Lipinski definition) is 4. The lowest BCUT2D eigenvalue weighted by Crippen LogP contribution is -2.66. The molecule has 0 unspecified atom stereocenters. The average molecular weight is 211 g/mol. The van der Waals surface area contributed by atoms with Crippen molar-refractivity contribution in [2.45, 2.75) is 19.9 Å². The molecule has 1 aliphatic heterocycles. The Bertz CT molecular complexity index is 361. The van der Waals surface area contributed by atoms with Crippen LogP contribution in [0.15, 0.2) is 10.7 Å². The van der Waals surface area contributed by atoms with Gasteiger partial charge in [0.2, 0.25) is 0 Å². The van der Waals surface area contributed by atoms with Crippen LogP contribution in [0.3, 0.4) is 0 Å². The molecule has 2 heterocycles. The van der Waals surface area contributed by atoms with E-state index in [1.165, 1.54) is 0 Å². The van der Waals surface area contributed by atoms with Gasteiger partial charge in [0.05, 0.1) is 0 Å². The summed E-state index contributed by atoms with van der Waals surface area (Å²) in [6.45, 7) is 8.33. The molecule has 1 aromatic rings. The zero-order chi connectivity index (χ0) is 10.8. The van der Waals surface area contributed by atoms with E-state index in [9.17, 15) is 0 Å². The molecule has 1 N–H and O–H groups in total. The zero-order valence-corrected chi connectivity index (χ0v) is 9.18. The third kappa shape index (κ3) is 2.20. The fourth-order valence-electron chi connectivity index (χ4n) is 1.80. The van der Waals surface area contributed by atoms with Gasteiger partial charge in [-0.3, -0.25) is 10.4 Å². The predicted octanol–water partition coefficient (Wildman–Crippen LogP) is -1.33. The number of hydrogen-bond donors (Lipinski definition) is 1. The van der Waals surface area contributed by atoms with Gasteiger partial charge in [0, 0.05) is 32.2 Å². The molecule has 0 radical (unpaired) electrons. The summed E-state index contributed by atoms with van der Waals surface area (Å²) in [4.78, 5) is 4.05. The normalized spacial score (nSPS) is 18.7. The van der Waals surface area contributed by atoms with Crippen molar-refractivity contribution in [1.29, 1.82) is 5.41 Å². The molecular formula is C9H17N5O. The first kappa shape index (κ1) is 10.2. The molecule has 0 aromatic carbocycles. The molecule has 84 valence electrons. The van der Waals surface area contributed by atoms with Crippen molar-refractivity contribution in [2.24, 2.45) is 0 Å². The maximum absolute atomic E-state index is 7.26. The van der Waals surface area contributed by atoms with Crippen LogP contribution in [-0.2, 0) is 0 Å². The highest BCUT2D eigenvalue weighted by Gasteiger charge is 2.19. The SMILES string of the molecule is CC(C)N1CCN([n+]2cc(=N)o[n-]2)CC1. The van der Waals surface area contributed by atoms with Crippen molar-refractivity contribution in [3.63, 3.8) is 0 Å². The first-order valence-electron chi connectivity index (χ1n) is 5.26. The van der Waals surface area contributed by atoms with Crippen molar-refractivity contribution in [3.8, 4) is 0 Å². The Hall–Kier alpha value is -1.30. The molecule has 0 aliphatic carbocycles. The third-order valence-corrected chi connectivity index (χ3v) is 2.77. The van der Waals surface area contributed by atoms with Crippen LogP contribution in [0, 0.1) is 5.41 Å². The summed E-state index contributed by atoms with van der Waals surface area (Å²) in [7, 11) is 0. The van der Waals surface area contributed by atoms with Crippen LogP contribution < -0.4 is 20.6 Å². The van der Waals surface area contributed by atoms with Gasteiger partial charge in [0.15, 0.2) is 0 Å². The standard InChI is InChI=1S/C9H17N5O/c1-8(2)12-3-5-13(6-4-12)14-7-9(10)15-11-14/h7-8,10H,3-6H2,1-2H3. The van der Waals surface area contributed by atoms with Crippen molar-refractivity contribution >= 4 is 0 Å². The molecule has 0 amide bonds. The fraction of sp³-hybridized carbons (Fsp3) is 0.778. The highest BCUT2D eigenvalue weighted by atomic mass is 16.5. The van der Waals surface area contributed by atoms with E-state index < -0.39 is 0 Å². The van der Waals surface area contributed by atoms with E-state index in [0.29, 0.717) is 6.04 Å². The minimum Gasteiger partial charge on any atom is -0.380 e. The van der Waals surface area contributed by atoms with E-state index in [1.807, 2.05) is 0 Å². The van der Waals surface area contributed by atoms with E-state index >= 15 is 0 Å². The van der Waals surface area contributed by atoms with E-state index in [-0.39, 0.29) is 5.55 Å². The second kappa shape index (κ2) is 4.06. The summed E-state index contributed by atoms with van der Waals surface area (Å²) in [5.74, 6) is 0. The molecule has 1 aliphatic rings. The van der Waals surface area contributed by atoms with Gasteiger partial charge < -0.3 is 9.42 Å². The van der Waals surface area contributed by atoms with Crippen LogP contribution in [-0.4, -0.2) is 37.1 Å². The third-order valence-electron chi connectivity index (χ3n) is 2.77. The van der Waals surface area contributed by atoms with Gasteiger partial charge in [-0.1, -0.05) is 4.79 Å². The zero-order valence-electron chi connectivity index (χ0n) is 9.18. The second-order valence-electron chi connectivity index (χ2n) is 4.07. The monoisotopic (exact) mass is 211 g/mol. The van der Waals surface area contributed by atoms with Crippen LogP contribution in [0.1, 0.15) is 13.8 Å².